The third-order valence-electron chi connectivity index (χ3n) is 4.17. The molecule has 0 unspecified atom stereocenters. The van der Waals surface area contributed by atoms with Crippen molar-refractivity contribution >= 4 is 44.9 Å². The number of carbonyl (C=O) groups excluding carboxylic acids is 2. The number of hydrogen-bond acceptors (Lipinski definition) is 7. The highest BCUT2D eigenvalue weighted by Gasteiger charge is 2.14. The van der Waals surface area contributed by atoms with Crippen LogP contribution in [0.5, 0.6) is 0 Å². The number of nitrogens with one attached hydrogen (secondary N) is 2. The minimum Gasteiger partial charge on any atom is -0.325 e. The fraction of sp³-hybridized carbons (Fsp3) is 0.200. The Morgan fingerprint density at radius 1 is 1.06 bits per heavy atom. The van der Waals surface area contributed by atoms with Gasteiger partial charge in [-0.3, -0.25) is 14.3 Å². The van der Waals surface area contributed by atoms with Crippen LogP contribution in [0.2, 0.25) is 0 Å². The molecule has 9 nitrogen and oxygen atoms in total. The lowest BCUT2D eigenvalue weighted by Gasteiger charge is -2.07. The smallest absolute Gasteiger partial charge is 0.234 e. The third-order valence-corrected chi connectivity index (χ3v) is 5.79. The number of ketones is 1. The molecule has 1 aromatic heterocycles. The van der Waals surface area contributed by atoms with Gasteiger partial charge in [-0.15, -0.1) is 10.2 Å². The highest BCUT2D eigenvalue weighted by Crippen LogP contribution is 2.24. The Kier molecular flexibility index (Phi) is 6.76. The van der Waals surface area contributed by atoms with E-state index in [0.29, 0.717) is 27.9 Å². The third kappa shape index (κ3) is 6.15. The number of thioether (sulfide) groups is 1. The molecule has 1 heterocycles. The van der Waals surface area contributed by atoms with Crippen LogP contribution in [0.1, 0.15) is 17.3 Å². The monoisotopic (exact) mass is 459 g/mol. The Morgan fingerprint density at radius 3 is 2.42 bits per heavy atom. The molecule has 31 heavy (non-hydrogen) atoms. The first-order valence-electron chi connectivity index (χ1n) is 9.13. The summed E-state index contributed by atoms with van der Waals surface area (Å²) in [6.45, 7) is 1.47. The van der Waals surface area contributed by atoms with Crippen LogP contribution < -0.4 is 10.0 Å². The van der Waals surface area contributed by atoms with E-state index in [0.717, 1.165) is 11.8 Å². The van der Waals surface area contributed by atoms with Crippen molar-refractivity contribution in [3.05, 3.63) is 54.1 Å². The molecule has 0 bridgehead atoms. The maximum Gasteiger partial charge on any atom is 0.234 e. The number of aromatic nitrogens is 3. The lowest BCUT2D eigenvalue weighted by molar-refractivity contribution is -0.113. The standard InChI is InChI=1S/C20H21N5O4S2/c1-13(26)15-5-4-6-17(11-15)21-18(27)12-30-20-23-22-19(25(20)2)14-7-9-16(10-8-14)24-31(3,28)29/h4-11,24H,12H2,1-3H3,(H,21,27). The molecule has 11 heteroatoms. The molecule has 0 radical (unpaired) electrons. The van der Waals surface area contributed by atoms with E-state index < -0.39 is 10.0 Å². The summed E-state index contributed by atoms with van der Waals surface area (Å²) in [5.74, 6) is 0.402. The van der Waals surface area contributed by atoms with Gasteiger partial charge in [-0.25, -0.2) is 8.42 Å². The molecule has 0 atom stereocenters. The van der Waals surface area contributed by atoms with Gasteiger partial charge in [0, 0.05) is 29.5 Å². The van der Waals surface area contributed by atoms with E-state index in [1.165, 1.54) is 18.7 Å². The lowest BCUT2D eigenvalue weighted by Crippen LogP contribution is -2.14. The van der Waals surface area contributed by atoms with Crippen LogP contribution in [0.15, 0.2) is 53.7 Å². The highest BCUT2D eigenvalue weighted by molar-refractivity contribution is 7.99. The minimum atomic E-state index is -3.34. The Labute approximate surface area is 184 Å². The number of sulfonamides is 1. The summed E-state index contributed by atoms with van der Waals surface area (Å²) in [7, 11) is -1.56. The number of benzene rings is 2. The van der Waals surface area contributed by atoms with Gasteiger partial charge in [0.2, 0.25) is 15.9 Å². The molecule has 0 aliphatic heterocycles. The van der Waals surface area contributed by atoms with Crippen molar-refractivity contribution in [2.75, 3.05) is 22.0 Å². The van der Waals surface area contributed by atoms with Gasteiger partial charge in [0.25, 0.3) is 0 Å². The zero-order valence-electron chi connectivity index (χ0n) is 17.1. The van der Waals surface area contributed by atoms with Crippen molar-refractivity contribution in [1.29, 1.82) is 0 Å². The summed E-state index contributed by atoms with van der Waals surface area (Å²) in [6.07, 6.45) is 1.09. The zero-order valence-corrected chi connectivity index (χ0v) is 18.8. The Bertz CT molecular complexity index is 1220. The van der Waals surface area contributed by atoms with E-state index in [9.17, 15) is 18.0 Å². The van der Waals surface area contributed by atoms with Crippen molar-refractivity contribution in [2.45, 2.75) is 12.1 Å². The number of anilines is 2. The van der Waals surface area contributed by atoms with E-state index >= 15 is 0 Å². The topological polar surface area (TPSA) is 123 Å². The second kappa shape index (κ2) is 9.31. The number of rotatable bonds is 8. The molecule has 1 amide bonds. The fourth-order valence-electron chi connectivity index (χ4n) is 2.74. The summed E-state index contributed by atoms with van der Waals surface area (Å²) >= 11 is 1.23. The van der Waals surface area contributed by atoms with E-state index in [1.54, 1.807) is 60.1 Å². The van der Waals surface area contributed by atoms with Gasteiger partial charge < -0.3 is 9.88 Å². The summed E-state index contributed by atoms with van der Waals surface area (Å²) in [5.41, 5.74) is 2.29. The first-order valence-corrected chi connectivity index (χ1v) is 12.0. The largest absolute Gasteiger partial charge is 0.325 e. The van der Waals surface area contributed by atoms with Gasteiger partial charge >= 0.3 is 0 Å². The average Bonchev–Trinajstić information content (AvgIpc) is 3.06. The molecule has 0 saturated heterocycles. The number of amides is 1. The van der Waals surface area contributed by atoms with Gasteiger partial charge in [-0.2, -0.15) is 0 Å². The van der Waals surface area contributed by atoms with E-state index in [2.05, 4.69) is 20.2 Å². The number of hydrogen-bond donors (Lipinski definition) is 2. The van der Waals surface area contributed by atoms with Crippen molar-refractivity contribution in [2.24, 2.45) is 7.05 Å². The molecule has 162 valence electrons. The molecule has 0 fully saturated rings. The quantitative estimate of drug-likeness (QED) is 0.392. The summed E-state index contributed by atoms with van der Waals surface area (Å²) < 4.78 is 26.8. The molecular weight excluding hydrogens is 438 g/mol. The van der Waals surface area contributed by atoms with Crippen LogP contribution in [0.3, 0.4) is 0 Å². The first kappa shape index (κ1) is 22.5. The molecule has 3 rings (SSSR count). The average molecular weight is 460 g/mol. The Hall–Kier alpha value is -3.18. The van der Waals surface area contributed by atoms with Crippen LogP contribution in [-0.4, -0.2) is 46.9 Å². The van der Waals surface area contributed by atoms with Crippen molar-refractivity contribution in [3.8, 4) is 11.4 Å². The number of nitrogens with zero attached hydrogens (tertiary/aromatic N) is 3. The Balaban J connectivity index is 1.63. The zero-order chi connectivity index (χ0) is 22.6. The normalized spacial score (nSPS) is 11.2. The summed E-state index contributed by atoms with van der Waals surface area (Å²) in [5, 5.41) is 11.6. The summed E-state index contributed by atoms with van der Waals surface area (Å²) in [4.78, 5) is 23.7. The minimum absolute atomic E-state index is 0.0720. The van der Waals surface area contributed by atoms with Crippen molar-refractivity contribution in [3.63, 3.8) is 0 Å². The van der Waals surface area contributed by atoms with Gasteiger partial charge in [0.15, 0.2) is 16.8 Å². The highest BCUT2D eigenvalue weighted by atomic mass is 32.2. The molecule has 0 spiro atoms. The van der Waals surface area contributed by atoms with Crippen molar-refractivity contribution in [1.82, 2.24) is 14.8 Å². The van der Waals surface area contributed by atoms with Crippen LogP contribution in [0.25, 0.3) is 11.4 Å². The van der Waals surface area contributed by atoms with E-state index in [4.69, 9.17) is 0 Å². The van der Waals surface area contributed by atoms with Gasteiger partial charge in [0.1, 0.15) is 0 Å². The fourth-order valence-corrected chi connectivity index (χ4v) is 4.01. The lowest BCUT2D eigenvalue weighted by atomic mass is 10.1. The molecule has 2 N–H and O–H groups in total. The molecule has 0 aliphatic carbocycles. The van der Waals surface area contributed by atoms with Crippen LogP contribution in [0, 0.1) is 0 Å². The number of carbonyl (C=O) groups is 2. The number of Topliss-reactive ketones (excluding diaryl/α,β-unsaturated/α-hetero) is 1. The maximum absolute atomic E-state index is 12.3. The molecule has 3 aromatic rings. The summed E-state index contributed by atoms with van der Waals surface area (Å²) in [6, 6.07) is 13.5. The van der Waals surface area contributed by atoms with Gasteiger partial charge in [-0.1, -0.05) is 23.9 Å². The molecule has 0 saturated carbocycles. The molecule has 0 aliphatic rings. The second-order valence-corrected chi connectivity index (χ2v) is 9.48. The first-order chi connectivity index (χ1) is 14.6. The maximum atomic E-state index is 12.3. The SMILES string of the molecule is CC(=O)c1cccc(NC(=O)CSc2nnc(-c3ccc(NS(C)(=O)=O)cc3)n2C)c1. The van der Waals surface area contributed by atoms with Gasteiger partial charge in [0.05, 0.1) is 12.0 Å². The Morgan fingerprint density at radius 2 is 1.77 bits per heavy atom. The van der Waals surface area contributed by atoms with Crippen LogP contribution >= 0.6 is 11.8 Å². The van der Waals surface area contributed by atoms with Gasteiger partial charge in [-0.05, 0) is 43.3 Å². The van der Waals surface area contributed by atoms with Crippen LogP contribution in [-0.2, 0) is 21.9 Å². The van der Waals surface area contributed by atoms with Crippen LogP contribution in [0.4, 0.5) is 11.4 Å². The van der Waals surface area contributed by atoms with E-state index in [1.807, 2.05) is 0 Å². The molecule has 2 aromatic carbocycles. The molecular formula is C20H21N5O4S2. The second-order valence-electron chi connectivity index (χ2n) is 6.79. The predicted molar refractivity (Wildman–Crippen MR) is 121 cm³/mol. The van der Waals surface area contributed by atoms with E-state index in [-0.39, 0.29) is 17.4 Å². The van der Waals surface area contributed by atoms with Crippen molar-refractivity contribution < 1.29 is 18.0 Å². The predicted octanol–water partition coefficient (Wildman–Crippen LogP) is 2.79.